The molecule has 1 N–H and O–H groups in total. The van der Waals surface area contributed by atoms with Gasteiger partial charge in [-0.05, 0) is 37.5 Å². The van der Waals surface area contributed by atoms with E-state index in [1.54, 1.807) is 13.0 Å². The number of amides is 1. The fourth-order valence-electron chi connectivity index (χ4n) is 2.86. The van der Waals surface area contributed by atoms with Gasteiger partial charge in [-0.3, -0.25) is 9.69 Å². The molecule has 2 aromatic rings. The second-order valence-corrected chi connectivity index (χ2v) is 6.92. The summed E-state index contributed by atoms with van der Waals surface area (Å²) in [5.41, 5.74) is 1.85. The Morgan fingerprint density at radius 3 is 2.67 bits per heavy atom. The Balaban J connectivity index is 1.48. The number of halogens is 2. The number of benzene rings is 1. The maximum atomic E-state index is 12.1. The molecule has 1 aromatic carbocycles. The van der Waals surface area contributed by atoms with Gasteiger partial charge in [0, 0.05) is 31.7 Å². The van der Waals surface area contributed by atoms with Crippen molar-refractivity contribution in [3.63, 3.8) is 0 Å². The Labute approximate surface area is 150 Å². The van der Waals surface area contributed by atoms with Crippen molar-refractivity contribution >= 4 is 29.1 Å². The standard InChI is InChI=1S/C17H19Cl2N3O2/c1-11-8-16(24-21-11)17(23)20-13-4-6-22(7-5-13)10-12-2-3-14(18)15(19)9-12/h2-3,8-9,13H,4-7,10H2,1H3,(H,20,23). The molecule has 0 aliphatic carbocycles. The Morgan fingerprint density at radius 1 is 1.29 bits per heavy atom. The third-order valence-electron chi connectivity index (χ3n) is 4.16. The van der Waals surface area contributed by atoms with Crippen LogP contribution in [-0.4, -0.2) is 35.1 Å². The smallest absolute Gasteiger partial charge is 0.290 e. The van der Waals surface area contributed by atoms with Gasteiger partial charge in [-0.25, -0.2) is 0 Å². The van der Waals surface area contributed by atoms with E-state index in [1.165, 1.54) is 0 Å². The number of carbonyl (C=O) groups is 1. The summed E-state index contributed by atoms with van der Waals surface area (Å²) in [4.78, 5) is 14.4. The highest BCUT2D eigenvalue weighted by atomic mass is 35.5. The van der Waals surface area contributed by atoms with Crippen molar-refractivity contribution < 1.29 is 9.32 Å². The van der Waals surface area contributed by atoms with Crippen molar-refractivity contribution in [2.75, 3.05) is 13.1 Å². The molecule has 0 atom stereocenters. The molecule has 1 aliphatic heterocycles. The highest BCUT2D eigenvalue weighted by Gasteiger charge is 2.22. The van der Waals surface area contributed by atoms with Crippen LogP contribution in [-0.2, 0) is 6.54 Å². The Hall–Kier alpha value is -1.56. The van der Waals surface area contributed by atoms with Crippen LogP contribution in [0.5, 0.6) is 0 Å². The van der Waals surface area contributed by atoms with Gasteiger partial charge in [0.15, 0.2) is 0 Å². The molecule has 1 aliphatic rings. The Bertz CT molecular complexity index is 724. The fourth-order valence-corrected chi connectivity index (χ4v) is 3.18. The summed E-state index contributed by atoms with van der Waals surface area (Å²) >= 11 is 12.0. The molecule has 0 radical (unpaired) electrons. The normalized spacial score (nSPS) is 16.3. The molecule has 128 valence electrons. The quantitative estimate of drug-likeness (QED) is 0.895. The van der Waals surface area contributed by atoms with Crippen LogP contribution >= 0.6 is 23.2 Å². The van der Waals surface area contributed by atoms with Gasteiger partial charge in [0.2, 0.25) is 5.76 Å². The molecule has 0 spiro atoms. The van der Waals surface area contributed by atoms with Crippen LogP contribution in [0.4, 0.5) is 0 Å². The van der Waals surface area contributed by atoms with Crippen LogP contribution in [0.3, 0.4) is 0 Å². The third-order valence-corrected chi connectivity index (χ3v) is 4.90. The number of aryl methyl sites for hydroxylation is 1. The SMILES string of the molecule is Cc1cc(C(=O)NC2CCN(Cc3ccc(Cl)c(Cl)c3)CC2)on1. The summed E-state index contributed by atoms with van der Waals surface area (Å²) in [6, 6.07) is 7.53. The first-order chi connectivity index (χ1) is 11.5. The van der Waals surface area contributed by atoms with E-state index in [-0.39, 0.29) is 17.7 Å². The number of aromatic nitrogens is 1. The van der Waals surface area contributed by atoms with Crippen LogP contribution in [0.25, 0.3) is 0 Å². The summed E-state index contributed by atoms with van der Waals surface area (Å²) in [6.07, 6.45) is 1.81. The van der Waals surface area contributed by atoms with Crippen molar-refractivity contribution in [3.05, 3.63) is 51.3 Å². The molecule has 24 heavy (non-hydrogen) atoms. The number of likely N-dealkylation sites (tertiary alicyclic amines) is 1. The van der Waals surface area contributed by atoms with E-state index in [0.29, 0.717) is 15.7 Å². The molecule has 0 saturated carbocycles. The lowest BCUT2D eigenvalue weighted by atomic mass is 10.0. The lowest BCUT2D eigenvalue weighted by Gasteiger charge is -2.32. The van der Waals surface area contributed by atoms with Crippen molar-refractivity contribution in [2.45, 2.75) is 32.4 Å². The average molecular weight is 368 g/mol. The summed E-state index contributed by atoms with van der Waals surface area (Å²) < 4.78 is 4.99. The number of nitrogens with one attached hydrogen (secondary N) is 1. The maximum absolute atomic E-state index is 12.1. The predicted molar refractivity (Wildman–Crippen MR) is 93.5 cm³/mol. The minimum atomic E-state index is -0.196. The number of carbonyl (C=O) groups excluding carboxylic acids is 1. The molecule has 1 saturated heterocycles. The van der Waals surface area contributed by atoms with E-state index in [2.05, 4.69) is 15.4 Å². The predicted octanol–water partition coefficient (Wildman–Crippen LogP) is 3.68. The second kappa shape index (κ2) is 7.55. The van der Waals surface area contributed by atoms with Crippen LogP contribution in [0.15, 0.2) is 28.8 Å². The first-order valence-corrected chi connectivity index (χ1v) is 8.67. The van der Waals surface area contributed by atoms with Crippen LogP contribution < -0.4 is 5.32 Å². The van der Waals surface area contributed by atoms with Gasteiger partial charge in [-0.2, -0.15) is 0 Å². The average Bonchev–Trinajstić information content (AvgIpc) is 2.99. The van der Waals surface area contributed by atoms with Gasteiger partial charge in [0.05, 0.1) is 15.7 Å². The van der Waals surface area contributed by atoms with Gasteiger partial charge in [-0.1, -0.05) is 34.4 Å². The Morgan fingerprint density at radius 2 is 2.04 bits per heavy atom. The van der Waals surface area contributed by atoms with E-state index in [9.17, 15) is 4.79 Å². The molecule has 7 heteroatoms. The van der Waals surface area contributed by atoms with E-state index in [0.717, 1.165) is 38.0 Å². The van der Waals surface area contributed by atoms with E-state index in [4.69, 9.17) is 27.7 Å². The second-order valence-electron chi connectivity index (χ2n) is 6.10. The fraction of sp³-hybridized carbons (Fsp3) is 0.412. The summed E-state index contributed by atoms with van der Waals surface area (Å²) in [5, 5.41) is 7.91. The van der Waals surface area contributed by atoms with Gasteiger partial charge in [0.1, 0.15) is 0 Å². The van der Waals surface area contributed by atoms with Gasteiger partial charge in [0.25, 0.3) is 5.91 Å². The van der Waals surface area contributed by atoms with Crippen molar-refractivity contribution in [2.24, 2.45) is 0 Å². The zero-order valence-corrected chi connectivity index (χ0v) is 14.9. The molecular weight excluding hydrogens is 349 g/mol. The van der Waals surface area contributed by atoms with Gasteiger partial charge < -0.3 is 9.84 Å². The topological polar surface area (TPSA) is 58.4 Å². The van der Waals surface area contributed by atoms with Crippen LogP contribution in [0, 0.1) is 6.92 Å². The highest BCUT2D eigenvalue weighted by molar-refractivity contribution is 6.42. The lowest BCUT2D eigenvalue weighted by molar-refractivity contribution is 0.0872. The number of hydrogen-bond donors (Lipinski definition) is 1. The maximum Gasteiger partial charge on any atom is 0.290 e. The largest absolute Gasteiger partial charge is 0.351 e. The van der Waals surface area contributed by atoms with Gasteiger partial charge in [-0.15, -0.1) is 0 Å². The summed E-state index contributed by atoms with van der Waals surface area (Å²) in [5.74, 6) is 0.0734. The molecule has 0 unspecified atom stereocenters. The zero-order valence-electron chi connectivity index (χ0n) is 13.4. The zero-order chi connectivity index (χ0) is 17.1. The van der Waals surface area contributed by atoms with E-state index >= 15 is 0 Å². The van der Waals surface area contributed by atoms with E-state index < -0.39 is 0 Å². The first-order valence-electron chi connectivity index (χ1n) is 7.92. The third kappa shape index (κ3) is 4.29. The Kier molecular flexibility index (Phi) is 5.43. The first kappa shape index (κ1) is 17.3. The monoisotopic (exact) mass is 367 g/mol. The number of piperidine rings is 1. The molecule has 1 fully saturated rings. The van der Waals surface area contributed by atoms with Crippen molar-refractivity contribution in [1.82, 2.24) is 15.4 Å². The molecule has 0 bridgehead atoms. The lowest BCUT2D eigenvalue weighted by Crippen LogP contribution is -2.44. The molecular formula is C17H19Cl2N3O2. The molecule has 3 rings (SSSR count). The molecule has 2 heterocycles. The van der Waals surface area contributed by atoms with Gasteiger partial charge >= 0.3 is 0 Å². The van der Waals surface area contributed by atoms with Crippen molar-refractivity contribution in [1.29, 1.82) is 0 Å². The summed E-state index contributed by atoms with van der Waals surface area (Å²) in [6.45, 7) is 4.46. The molecule has 1 aromatic heterocycles. The number of hydrogen-bond acceptors (Lipinski definition) is 4. The number of rotatable bonds is 4. The summed E-state index contributed by atoms with van der Waals surface area (Å²) in [7, 11) is 0. The number of nitrogens with zero attached hydrogens (tertiary/aromatic N) is 2. The highest BCUT2D eigenvalue weighted by Crippen LogP contribution is 2.24. The molecule has 1 amide bonds. The minimum absolute atomic E-state index is 0.160. The van der Waals surface area contributed by atoms with Crippen molar-refractivity contribution in [3.8, 4) is 0 Å². The van der Waals surface area contributed by atoms with E-state index in [1.807, 2.05) is 18.2 Å². The van der Waals surface area contributed by atoms with Crippen LogP contribution in [0.1, 0.15) is 34.7 Å². The molecule has 5 nitrogen and oxygen atoms in total. The van der Waals surface area contributed by atoms with Crippen LogP contribution in [0.2, 0.25) is 10.0 Å². The minimum Gasteiger partial charge on any atom is -0.351 e.